The zero-order valence-electron chi connectivity index (χ0n) is 15.8. The highest BCUT2D eigenvalue weighted by atomic mass is 32.2. The summed E-state index contributed by atoms with van der Waals surface area (Å²) in [7, 11) is 0. The molecule has 3 aromatic rings. The minimum Gasteiger partial charge on any atom is -0.468 e. The van der Waals surface area contributed by atoms with Crippen molar-refractivity contribution in [1.82, 2.24) is 10.3 Å². The topological polar surface area (TPSA) is 51.2 Å². The van der Waals surface area contributed by atoms with E-state index in [2.05, 4.69) is 10.3 Å². The van der Waals surface area contributed by atoms with Gasteiger partial charge in [0.25, 0.3) is 0 Å². The second kappa shape index (κ2) is 10.2. The fourth-order valence-electron chi connectivity index (χ4n) is 2.65. The number of aromatic nitrogens is 1. The van der Waals surface area contributed by atoms with Gasteiger partial charge in [0.15, 0.2) is 6.61 Å². The van der Waals surface area contributed by atoms with Crippen molar-refractivity contribution in [3.8, 4) is 5.88 Å². The summed E-state index contributed by atoms with van der Waals surface area (Å²) >= 11 is 1.40. The van der Waals surface area contributed by atoms with Gasteiger partial charge in [0.2, 0.25) is 11.8 Å². The maximum absolute atomic E-state index is 13.0. The molecule has 0 saturated carbocycles. The Kier molecular flexibility index (Phi) is 7.35. The van der Waals surface area contributed by atoms with Crippen LogP contribution in [0.5, 0.6) is 5.88 Å². The quantitative estimate of drug-likeness (QED) is 0.499. The van der Waals surface area contributed by atoms with Crippen LogP contribution in [0.1, 0.15) is 16.4 Å². The summed E-state index contributed by atoms with van der Waals surface area (Å²) in [5.74, 6) is -0.414. The molecule has 1 atom stereocenters. The molecule has 1 unspecified atom stereocenters. The van der Waals surface area contributed by atoms with Crippen LogP contribution in [0.2, 0.25) is 0 Å². The second-order valence-electron chi connectivity index (χ2n) is 6.31. The number of rotatable bonds is 8. The van der Waals surface area contributed by atoms with E-state index in [1.807, 2.05) is 60.7 Å². The highest BCUT2D eigenvalue weighted by Crippen LogP contribution is 2.35. The number of thioether (sulfide) groups is 1. The Hall–Kier alpha value is -3.00. The number of carbonyl (C=O) groups is 1. The normalized spacial score (nSPS) is 12.2. The zero-order valence-corrected chi connectivity index (χ0v) is 16.6. The molecule has 1 amide bonds. The van der Waals surface area contributed by atoms with E-state index in [4.69, 9.17) is 4.74 Å². The van der Waals surface area contributed by atoms with E-state index >= 15 is 0 Å². The molecule has 0 aliphatic rings. The van der Waals surface area contributed by atoms with Gasteiger partial charge in [0.1, 0.15) is 5.25 Å². The first-order chi connectivity index (χ1) is 14.4. The van der Waals surface area contributed by atoms with Gasteiger partial charge in [-0.05, 0) is 23.8 Å². The summed E-state index contributed by atoms with van der Waals surface area (Å²) in [6, 6.07) is 22.0. The Balaban J connectivity index is 1.72. The Bertz CT molecular complexity index is 953. The van der Waals surface area contributed by atoms with E-state index in [0.717, 1.165) is 10.5 Å². The monoisotopic (exact) mass is 432 g/mol. The summed E-state index contributed by atoms with van der Waals surface area (Å²) in [5.41, 5.74) is 1.19. The van der Waals surface area contributed by atoms with Crippen molar-refractivity contribution in [1.29, 1.82) is 0 Å². The largest absolute Gasteiger partial charge is 0.468 e. The summed E-state index contributed by atoms with van der Waals surface area (Å²) < 4.78 is 42.2. The van der Waals surface area contributed by atoms with Crippen LogP contribution >= 0.6 is 11.8 Å². The van der Waals surface area contributed by atoms with Gasteiger partial charge in [-0.2, -0.15) is 13.2 Å². The maximum atomic E-state index is 13.0. The van der Waals surface area contributed by atoms with E-state index in [0.29, 0.717) is 5.56 Å². The lowest BCUT2D eigenvalue weighted by molar-refractivity contribution is -0.154. The number of benzene rings is 2. The number of hydrogen-bond donors (Lipinski definition) is 1. The van der Waals surface area contributed by atoms with Crippen LogP contribution in [0.3, 0.4) is 0 Å². The number of alkyl halides is 3. The van der Waals surface area contributed by atoms with E-state index < -0.39 is 18.0 Å². The molecule has 8 heteroatoms. The summed E-state index contributed by atoms with van der Waals surface area (Å²) in [6.45, 7) is -1.44. The number of ether oxygens (including phenoxy) is 1. The number of hydrogen-bond acceptors (Lipinski definition) is 4. The predicted octanol–water partition coefficient (Wildman–Crippen LogP) is 5.17. The minimum atomic E-state index is -4.47. The number of nitrogens with one attached hydrogen (secondary N) is 1. The SMILES string of the molecule is O=C(NCc1cccnc1OCC(F)(F)F)C(Sc1ccccc1)c1ccccc1. The zero-order chi connectivity index (χ0) is 21.4. The first-order valence-corrected chi connectivity index (χ1v) is 9.98. The van der Waals surface area contributed by atoms with Crippen molar-refractivity contribution < 1.29 is 22.7 Å². The van der Waals surface area contributed by atoms with Gasteiger partial charge in [-0.1, -0.05) is 54.6 Å². The van der Waals surface area contributed by atoms with Gasteiger partial charge >= 0.3 is 6.18 Å². The highest BCUT2D eigenvalue weighted by Gasteiger charge is 2.29. The van der Waals surface area contributed by atoms with Crippen LogP contribution in [0.25, 0.3) is 0 Å². The third-order valence-corrected chi connectivity index (χ3v) is 5.28. The van der Waals surface area contributed by atoms with Crippen LogP contribution in [-0.2, 0) is 11.3 Å². The van der Waals surface area contributed by atoms with Crippen molar-refractivity contribution in [2.24, 2.45) is 0 Å². The Labute approximate surface area is 176 Å². The summed E-state index contributed by atoms with van der Waals surface area (Å²) in [4.78, 5) is 17.8. The average Bonchev–Trinajstić information content (AvgIpc) is 2.75. The molecule has 0 fully saturated rings. The predicted molar refractivity (Wildman–Crippen MR) is 109 cm³/mol. The van der Waals surface area contributed by atoms with Crippen LogP contribution in [-0.4, -0.2) is 23.7 Å². The van der Waals surface area contributed by atoms with Crippen molar-refractivity contribution in [2.45, 2.75) is 22.9 Å². The highest BCUT2D eigenvalue weighted by molar-refractivity contribution is 8.00. The van der Waals surface area contributed by atoms with Gasteiger partial charge < -0.3 is 10.1 Å². The van der Waals surface area contributed by atoms with Gasteiger partial charge in [0, 0.05) is 23.2 Å². The van der Waals surface area contributed by atoms with Crippen molar-refractivity contribution >= 4 is 17.7 Å². The Morgan fingerprint density at radius 2 is 1.67 bits per heavy atom. The number of amides is 1. The Morgan fingerprint density at radius 3 is 2.33 bits per heavy atom. The third-order valence-electron chi connectivity index (χ3n) is 4.01. The van der Waals surface area contributed by atoms with Crippen LogP contribution in [0.15, 0.2) is 83.9 Å². The standard InChI is InChI=1S/C22H19F3N2O2S/c23-22(24,25)15-29-21-17(10-7-13-26-21)14-27-20(28)19(16-8-3-1-4-9-16)30-18-11-5-2-6-12-18/h1-13,19H,14-15H2,(H,27,28). The smallest absolute Gasteiger partial charge is 0.422 e. The molecule has 0 aliphatic carbocycles. The second-order valence-corrected chi connectivity index (χ2v) is 7.49. The molecule has 0 saturated heterocycles. The number of nitrogens with zero attached hydrogens (tertiary/aromatic N) is 1. The lowest BCUT2D eigenvalue weighted by Gasteiger charge is -2.18. The molecule has 0 radical (unpaired) electrons. The lowest BCUT2D eigenvalue weighted by Crippen LogP contribution is -2.28. The van der Waals surface area contributed by atoms with Gasteiger partial charge in [-0.3, -0.25) is 4.79 Å². The van der Waals surface area contributed by atoms with Gasteiger partial charge in [-0.15, -0.1) is 11.8 Å². The summed E-state index contributed by atoms with van der Waals surface area (Å²) in [6.07, 6.45) is -3.13. The molecule has 0 aliphatic heterocycles. The van der Waals surface area contributed by atoms with Crippen molar-refractivity contribution in [2.75, 3.05) is 6.61 Å². The summed E-state index contributed by atoms with van der Waals surface area (Å²) in [5, 5.41) is 2.27. The molecule has 4 nitrogen and oxygen atoms in total. The lowest BCUT2D eigenvalue weighted by atomic mass is 10.1. The van der Waals surface area contributed by atoms with Crippen LogP contribution < -0.4 is 10.1 Å². The maximum Gasteiger partial charge on any atom is 0.422 e. The molecule has 1 aromatic heterocycles. The number of pyridine rings is 1. The molecule has 2 aromatic carbocycles. The van der Waals surface area contributed by atoms with E-state index in [9.17, 15) is 18.0 Å². The first-order valence-electron chi connectivity index (χ1n) is 9.10. The molecule has 30 heavy (non-hydrogen) atoms. The van der Waals surface area contributed by atoms with Crippen molar-refractivity contribution in [3.63, 3.8) is 0 Å². The fourth-order valence-corrected chi connectivity index (χ4v) is 3.72. The average molecular weight is 432 g/mol. The van der Waals surface area contributed by atoms with E-state index in [1.165, 1.54) is 18.0 Å². The molecule has 1 heterocycles. The minimum absolute atomic E-state index is 0.00144. The van der Waals surface area contributed by atoms with Crippen LogP contribution in [0, 0.1) is 0 Å². The fraction of sp³-hybridized carbons (Fsp3) is 0.182. The molecule has 1 N–H and O–H groups in total. The molecule has 3 rings (SSSR count). The number of halogens is 3. The Morgan fingerprint density at radius 1 is 1.00 bits per heavy atom. The molecule has 0 spiro atoms. The first kappa shape index (κ1) is 21.7. The van der Waals surface area contributed by atoms with E-state index in [1.54, 1.807) is 12.1 Å². The molecular weight excluding hydrogens is 413 g/mol. The van der Waals surface area contributed by atoms with Crippen molar-refractivity contribution in [3.05, 3.63) is 90.1 Å². The molecular formula is C22H19F3N2O2S. The molecule has 0 bridgehead atoms. The number of carbonyl (C=O) groups excluding carboxylic acids is 1. The van der Waals surface area contributed by atoms with E-state index in [-0.39, 0.29) is 18.3 Å². The van der Waals surface area contributed by atoms with Gasteiger partial charge in [0.05, 0.1) is 0 Å². The van der Waals surface area contributed by atoms with Crippen LogP contribution in [0.4, 0.5) is 13.2 Å². The molecule has 156 valence electrons. The van der Waals surface area contributed by atoms with Gasteiger partial charge in [-0.25, -0.2) is 4.98 Å². The third kappa shape index (κ3) is 6.52.